The number of hydrogen-bond donors (Lipinski definition) is 0. The lowest BCUT2D eigenvalue weighted by atomic mass is 10.3. The van der Waals surface area contributed by atoms with Gasteiger partial charge in [0.15, 0.2) is 0 Å². The van der Waals surface area contributed by atoms with E-state index in [1.165, 1.54) is 11.3 Å². The number of hydrogen-bond acceptors (Lipinski definition) is 3. The van der Waals surface area contributed by atoms with Gasteiger partial charge in [0.05, 0.1) is 21.6 Å². The van der Waals surface area contributed by atoms with Crippen LogP contribution in [-0.2, 0) is 13.1 Å². The van der Waals surface area contributed by atoms with Crippen molar-refractivity contribution in [2.24, 2.45) is 0 Å². The number of halogens is 2. The maximum Gasteiger partial charge on any atom is 0.264 e. The molecule has 4 nitrogen and oxygen atoms in total. The summed E-state index contributed by atoms with van der Waals surface area (Å²) in [6, 6.07) is 1.84. The number of carbonyl (C=O) groups excluding carboxylic acids is 1. The fraction of sp³-hybridized carbons (Fsp3) is 0.333. The normalized spacial score (nSPS) is 10.7. The zero-order valence-corrected chi connectivity index (χ0v) is 14.5. The number of aromatic nitrogens is 2. The summed E-state index contributed by atoms with van der Waals surface area (Å²) in [7, 11) is 1.79. The third-order valence-electron chi connectivity index (χ3n) is 2.62. The van der Waals surface area contributed by atoms with Gasteiger partial charge in [0.2, 0.25) is 0 Å². The van der Waals surface area contributed by atoms with Crippen LogP contribution in [0.25, 0.3) is 0 Å². The molecule has 2 aromatic rings. The van der Waals surface area contributed by atoms with E-state index in [2.05, 4.69) is 37.0 Å². The van der Waals surface area contributed by atoms with Crippen LogP contribution in [0.15, 0.2) is 26.6 Å². The molecule has 0 saturated carbocycles. The lowest BCUT2D eigenvalue weighted by molar-refractivity contribution is 0.0787. The first-order valence-corrected chi connectivity index (χ1v) is 8.19. The van der Waals surface area contributed by atoms with Crippen molar-refractivity contribution < 1.29 is 4.79 Å². The molecule has 0 aliphatic carbocycles. The van der Waals surface area contributed by atoms with Gasteiger partial charge in [-0.05, 0) is 44.8 Å². The highest BCUT2D eigenvalue weighted by Gasteiger charge is 2.16. The Kier molecular flexibility index (Phi) is 4.81. The summed E-state index contributed by atoms with van der Waals surface area (Å²) < 4.78 is 3.71. The van der Waals surface area contributed by atoms with Crippen molar-refractivity contribution in [2.45, 2.75) is 20.0 Å². The zero-order chi connectivity index (χ0) is 14.0. The Morgan fingerprint density at radius 3 is 2.79 bits per heavy atom. The van der Waals surface area contributed by atoms with Gasteiger partial charge in [0, 0.05) is 29.6 Å². The minimum atomic E-state index is 0.00801. The lowest BCUT2D eigenvalue weighted by Crippen LogP contribution is -2.25. The highest BCUT2D eigenvalue weighted by molar-refractivity contribution is 9.10. The molecule has 0 fully saturated rings. The van der Waals surface area contributed by atoms with E-state index in [0.29, 0.717) is 6.54 Å². The number of thiophene rings is 1. The van der Waals surface area contributed by atoms with E-state index in [1.54, 1.807) is 11.9 Å². The molecule has 0 spiro atoms. The monoisotopic (exact) mass is 405 g/mol. The van der Waals surface area contributed by atoms with Crippen molar-refractivity contribution >= 4 is 49.1 Å². The topological polar surface area (TPSA) is 38.1 Å². The summed E-state index contributed by atoms with van der Waals surface area (Å²) >= 11 is 8.26. The molecule has 0 aromatic carbocycles. The molecule has 0 bridgehead atoms. The molecule has 2 aromatic heterocycles. The van der Waals surface area contributed by atoms with Crippen molar-refractivity contribution in [2.75, 3.05) is 7.05 Å². The van der Waals surface area contributed by atoms with Crippen molar-refractivity contribution in [1.29, 1.82) is 0 Å². The zero-order valence-electron chi connectivity index (χ0n) is 10.6. The van der Waals surface area contributed by atoms with Crippen molar-refractivity contribution in [3.63, 3.8) is 0 Å². The molecular formula is C12H13Br2N3OS. The minimum Gasteiger partial charge on any atom is -0.335 e. The highest BCUT2D eigenvalue weighted by Crippen LogP contribution is 2.22. The Bertz CT molecular complexity index is 594. The predicted octanol–water partition coefficient (Wildman–Crippen LogP) is 3.76. The van der Waals surface area contributed by atoms with Gasteiger partial charge in [-0.2, -0.15) is 5.10 Å². The van der Waals surface area contributed by atoms with Crippen LogP contribution in [0.5, 0.6) is 0 Å². The number of rotatable bonds is 4. The molecule has 0 atom stereocenters. The van der Waals surface area contributed by atoms with Gasteiger partial charge in [0.1, 0.15) is 0 Å². The van der Waals surface area contributed by atoms with Crippen LogP contribution >= 0.6 is 43.2 Å². The van der Waals surface area contributed by atoms with Gasteiger partial charge in [0.25, 0.3) is 5.91 Å². The Balaban J connectivity index is 2.10. The lowest BCUT2D eigenvalue weighted by Gasteiger charge is -2.14. The van der Waals surface area contributed by atoms with Gasteiger partial charge in [-0.3, -0.25) is 9.48 Å². The fourth-order valence-electron chi connectivity index (χ4n) is 1.62. The summed E-state index contributed by atoms with van der Waals surface area (Å²) in [5.41, 5.74) is 0.869. The van der Waals surface area contributed by atoms with Gasteiger partial charge < -0.3 is 4.90 Å². The second kappa shape index (κ2) is 6.19. The fourth-order valence-corrected chi connectivity index (χ4v) is 3.48. The summed E-state index contributed by atoms with van der Waals surface area (Å²) in [5.74, 6) is 0.00801. The summed E-state index contributed by atoms with van der Waals surface area (Å²) in [4.78, 5) is 14.6. The molecule has 2 rings (SSSR count). The average molecular weight is 407 g/mol. The average Bonchev–Trinajstić information content (AvgIpc) is 2.95. The standard InChI is InChI=1S/C12H13Br2N3OS/c1-3-17-5-9(14)10(15-17)6-16(2)12(18)11-4-8(13)7-19-11/h4-5,7H,3,6H2,1-2H3. The van der Waals surface area contributed by atoms with Crippen LogP contribution in [0, 0.1) is 0 Å². The molecule has 0 saturated heterocycles. The van der Waals surface area contributed by atoms with Gasteiger partial charge in [-0.1, -0.05) is 0 Å². The molecule has 1 amide bonds. The van der Waals surface area contributed by atoms with Crippen LogP contribution in [0.3, 0.4) is 0 Å². The van der Waals surface area contributed by atoms with E-state index < -0.39 is 0 Å². The molecule has 0 unspecified atom stereocenters. The van der Waals surface area contributed by atoms with E-state index in [0.717, 1.165) is 26.1 Å². The second-order valence-electron chi connectivity index (χ2n) is 4.07. The van der Waals surface area contributed by atoms with Gasteiger partial charge in [-0.25, -0.2) is 0 Å². The molecule has 0 aliphatic rings. The largest absolute Gasteiger partial charge is 0.335 e. The third-order valence-corrected chi connectivity index (χ3v) is 4.96. The van der Waals surface area contributed by atoms with E-state index in [1.807, 2.05) is 29.2 Å². The van der Waals surface area contributed by atoms with Gasteiger partial charge in [-0.15, -0.1) is 11.3 Å². The number of nitrogens with zero attached hydrogens (tertiary/aromatic N) is 3. The highest BCUT2D eigenvalue weighted by atomic mass is 79.9. The Morgan fingerprint density at radius 2 is 2.26 bits per heavy atom. The number of aryl methyl sites for hydroxylation is 1. The molecule has 0 aliphatic heterocycles. The molecule has 7 heteroatoms. The maximum atomic E-state index is 12.2. The first kappa shape index (κ1) is 14.7. The van der Waals surface area contributed by atoms with Crippen molar-refractivity contribution in [1.82, 2.24) is 14.7 Å². The van der Waals surface area contributed by atoms with Gasteiger partial charge >= 0.3 is 0 Å². The third kappa shape index (κ3) is 3.46. The number of amides is 1. The van der Waals surface area contributed by atoms with Crippen LogP contribution in [0.2, 0.25) is 0 Å². The van der Waals surface area contributed by atoms with E-state index in [9.17, 15) is 4.79 Å². The molecule has 0 N–H and O–H groups in total. The van der Waals surface area contributed by atoms with Crippen LogP contribution in [-0.4, -0.2) is 27.6 Å². The van der Waals surface area contributed by atoms with E-state index in [-0.39, 0.29) is 5.91 Å². The molecule has 102 valence electrons. The molecule has 2 heterocycles. The first-order valence-electron chi connectivity index (χ1n) is 5.72. The van der Waals surface area contributed by atoms with Crippen molar-refractivity contribution in [3.05, 3.63) is 37.2 Å². The molecule has 0 radical (unpaired) electrons. The summed E-state index contributed by atoms with van der Waals surface area (Å²) in [6.07, 6.45) is 1.93. The second-order valence-corrected chi connectivity index (χ2v) is 6.75. The predicted molar refractivity (Wildman–Crippen MR) is 83.4 cm³/mol. The smallest absolute Gasteiger partial charge is 0.264 e. The SMILES string of the molecule is CCn1cc(Br)c(CN(C)C(=O)c2cc(Br)cs2)n1. The summed E-state index contributed by atoms with van der Waals surface area (Å²) in [5, 5.41) is 6.33. The minimum absolute atomic E-state index is 0.00801. The Labute approximate surface area is 132 Å². The molecular weight excluding hydrogens is 394 g/mol. The summed E-state index contributed by atoms with van der Waals surface area (Å²) in [6.45, 7) is 3.33. The quantitative estimate of drug-likeness (QED) is 0.775. The van der Waals surface area contributed by atoms with E-state index in [4.69, 9.17) is 0 Å². The Hall–Kier alpha value is -0.660. The number of carbonyl (C=O) groups is 1. The molecule has 19 heavy (non-hydrogen) atoms. The van der Waals surface area contributed by atoms with E-state index >= 15 is 0 Å². The van der Waals surface area contributed by atoms with Crippen LogP contribution in [0.4, 0.5) is 0 Å². The van der Waals surface area contributed by atoms with Crippen LogP contribution < -0.4 is 0 Å². The van der Waals surface area contributed by atoms with Crippen molar-refractivity contribution in [3.8, 4) is 0 Å². The van der Waals surface area contributed by atoms with Crippen LogP contribution in [0.1, 0.15) is 22.3 Å². The first-order chi connectivity index (χ1) is 9.01. The Morgan fingerprint density at radius 1 is 1.53 bits per heavy atom. The maximum absolute atomic E-state index is 12.2.